The van der Waals surface area contributed by atoms with E-state index >= 15 is 0 Å². The maximum Gasteiger partial charge on any atom is 0.260 e. The van der Waals surface area contributed by atoms with Crippen molar-refractivity contribution < 1.29 is 4.79 Å². The van der Waals surface area contributed by atoms with E-state index in [2.05, 4.69) is 77.6 Å². The molecular formula is C27H24ClN3OS. The number of hydrogen-bond donors (Lipinski definition) is 2. The average molecular weight is 474 g/mol. The SMILES string of the molecule is Cc1cc(Cl)ccc1NC1NC(=O)/C(=C/c2cc(C)n(-c3ccc4ccccc4c3)c2C)S1. The first-order valence-electron chi connectivity index (χ1n) is 10.8. The molecular weight excluding hydrogens is 450 g/mol. The second-order valence-electron chi connectivity index (χ2n) is 8.28. The highest BCUT2D eigenvalue weighted by molar-refractivity contribution is 8.05. The molecule has 0 aliphatic carbocycles. The molecule has 1 atom stereocenters. The lowest BCUT2D eigenvalue weighted by Gasteiger charge is -2.15. The number of carbonyl (C=O) groups excluding carboxylic acids is 1. The molecule has 1 unspecified atom stereocenters. The molecule has 1 aliphatic rings. The van der Waals surface area contributed by atoms with Crippen molar-refractivity contribution in [1.29, 1.82) is 0 Å². The Morgan fingerprint density at radius 2 is 1.79 bits per heavy atom. The molecule has 4 nitrogen and oxygen atoms in total. The zero-order valence-electron chi connectivity index (χ0n) is 18.6. The Labute approximate surface area is 202 Å². The Bertz CT molecular complexity index is 1420. The number of nitrogens with one attached hydrogen (secondary N) is 2. The van der Waals surface area contributed by atoms with Crippen LogP contribution in [0.25, 0.3) is 22.5 Å². The fourth-order valence-corrected chi connectivity index (χ4v) is 5.48. The number of thioether (sulfide) groups is 1. The lowest BCUT2D eigenvalue weighted by atomic mass is 10.1. The number of benzene rings is 3. The standard InChI is InChI=1S/C27H24ClN3OS/c1-16-12-22(28)9-11-24(16)29-27-30-26(32)25(33-27)15-21-13-17(2)31(18(21)3)23-10-8-19-6-4-5-7-20(19)14-23/h4-15,27,29H,1-3H3,(H,30,32)/b25-15-. The van der Waals surface area contributed by atoms with Gasteiger partial charge in [-0.25, -0.2) is 0 Å². The van der Waals surface area contributed by atoms with E-state index in [-0.39, 0.29) is 11.4 Å². The van der Waals surface area contributed by atoms with Gasteiger partial charge in [0.25, 0.3) is 5.91 Å². The fraction of sp³-hybridized carbons (Fsp3) is 0.148. The molecule has 2 N–H and O–H groups in total. The quantitative estimate of drug-likeness (QED) is 0.320. The summed E-state index contributed by atoms with van der Waals surface area (Å²) in [4.78, 5) is 13.4. The molecule has 1 aromatic heterocycles. The number of carbonyl (C=O) groups is 1. The molecule has 1 saturated heterocycles. The largest absolute Gasteiger partial charge is 0.356 e. The van der Waals surface area contributed by atoms with E-state index in [1.165, 1.54) is 22.5 Å². The molecule has 0 bridgehead atoms. The zero-order valence-corrected chi connectivity index (χ0v) is 20.2. The molecule has 6 heteroatoms. The first-order valence-corrected chi connectivity index (χ1v) is 12.0. The number of fused-ring (bicyclic) bond motifs is 1. The molecule has 1 aliphatic heterocycles. The topological polar surface area (TPSA) is 46.1 Å². The van der Waals surface area contributed by atoms with E-state index in [1.807, 2.05) is 31.2 Å². The molecule has 1 amide bonds. The van der Waals surface area contributed by atoms with E-state index in [0.29, 0.717) is 9.93 Å². The Balaban J connectivity index is 1.41. The van der Waals surface area contributed by atoms with E-state index in [1.54, 1.807) is 0 Å². The molecule has 5 rings (SSSR count). The van der Waals surface area contributed by atoms with Crippen LogP contribution in [0.2, 0.25) is 5.02 Å². The molecule has 2 heterocycles. The first-order chi connectivity index (χ1) is 15.9. The number of hydrogen-bond acceptors (Lipinski definition) is 3. The van der Waals surface area contributed by atoms with Crippen LogP contribution in [-0.4, -0.2) is 16.0 Å². The number of nitrogens with zero attached hydrogens (tertiary/aromatic N) is 1. The summed E-state index contributed by atoms with van der Waals surface area (Å²) < 4.78 is 2.24. The Kier molecular flexibility index (Phi) is 5.69. The molecule has 166 valence electrons. The summed E-state index contributed by atoms with van der Waals surface area (Å²) in [6, 6.07) is 22.7. The highest BCUT2D eigenvalue weighted by atomic mass is 35.5. The summed E-state index contributed by atoms with van der Waals surface area (Å²) in [5, 5.41) is 9.52. The molecule has 1 fully saturated rings. The van der Waals surface area contributed by atoms with Crippen LogP contribution in [0.15, 0.2) is 71.6 Å². The summed E-state index contributed by atoms with van der Waals surface area (Å²) in [6.07, 6.45) is 1.98. The summed E-state index contributed by atoms with van der Waals surface area (Å²) >= 11 is 7.55. The van der Waals surface area contributed by atoms with Gasteiger partial charge < -0.3 is 15.2 Å². The number of amides is 1. The van der Waals surface area contributed by atoms with Crippen LogP contribution in [-0.2, 0) is 4.79 Å². The van der Waals surface area contributed by atoms with Gasteiger partial charge in [-0.15, -0.1) is 0 Å². The highest BCUT2D eigenvalue weighted by Gasteiger charge is 2.28. The summed E-state index contributed by atoms with van der Waals surface area (Å²) in [5.41, 5.74) is 6.16. The normalized spacial score (nSPS) is 17.0. The minimum atomic E-state index is -0.229. The van der Waals surface area contributed by atoms with Crippen molar-refractivity contribution in [3.8, 4) is 5.69 Å². The predicted molar refractivity (Wildman–Crippen MR) is 140 cm³/mol. The number of halogens is 1. The van der Waals surface area contributed by atoms with E-state index < -0.39 is 0 Å². The lowest BCUT2D eigenvalue weighted by molar-refractivity contribution is -0.116. The van der Waals surface area contributed by atoms with Gasteiger partial charge in [-0.1, -0.05) is 53.7 Å². The van der Waals surface area contributed by atoms with Gasteiger partial charge in [0.1, 0.15) is 0 Å². The number of rotatable bonds is 4. The van der Waals surface area contributed by atoms with Crippen LogP contribution in [0, 0.1) is 20.8 Å². The van der Waals surface area contributed by atoms with Crippen molar-refractivity contribution >= 4 is 51.8 Å². The van der Waals surface area contributed by atoms with Gasteiger partial charge in [-0.3, -0.25) is 4.79 Å². The van der Waals surface area contributed by atoms with Gasteiger partial charge in [0.15, 0.2) is 5.50 Å². The minimum absolute atomic E-state index is 0.0698. The van der Waals surface area contributed by atoms with E-state index in [4.69, 9.17) is 11.6 Å². The second-order valence-corrected chi connectivity index (χ2v) is 9.86. The third-order valence-electron chi connectivity index (χ3n) is 5.95. The van der Waals surface area contributed by atoms with Crippen LogP contribution in [0.1, 0.15) is 22.5 Å². The van der Waals surface area contributed by atoms with Gasteiger partial charge in [-0.05, 0) is 85.1 Å². The van der Waals surface area contributed by atoms with Crippen LogP contribution >= 0.6 is 23.4 Å². The Morgan fingerprint density at radius 3 is 2.58 bits per heavy atom. The van der Waals surface area contributed by atoms with Crippen molar-refractivity contribution in [3.63, 3.8) is 0 Å². The van der Waals surface area contributed by atoms with Crippen molar-refractivity contribution in [2.45, 2.75) is 26.3 Å². The van der Waals surface area contributed by atoms with Crippen LogP contribution in [0.4, 0.5) is 5.69 Å². The molecule has 4 aromatic rings. The Morgan fingerprint density at radius 1 is 1.00 bits per heavy atom. The van der Waals surface area contributed by atoms with E-state index in [0.717, 1.165) is 33.9 Å². The lowest BCUT2D eigenvalue weighted by Crippen LogP contribution is -2.31. The smallest absolute Gasteiger partial charge is 0.260 e. The zero-order chi connectivity index (χ0) is 23.1. The summed E-state index contributed by atoms with van der Waals surface area (Å²) in [6.45, 7) is 6.19. The van der Waals surface area contributed by atoms with Crippen molar-refractivity contribution in [2.24, 2.45) is 0 Å². The fourth-order valence-electron chi connectivity index (χ4n) is 4.28. The predicted octanol–water partition coefficient (Wildman–Crippen LogP) is 6.81. The van der Waals surface area contributed by atoms with Gasteiger partial charge in [0, 0.05) is 27.8 Å². The minimum Gasteiger partial charge on any atom is -0.356 e. The van der Waals surface area contributed by atoms with Crippen LogP contribution < -0.4 is 10.6 Å². The highest BCUT2D eigenvalue weighted by Crippen LogP contribution is 2.33. The van der Waals surface area contributed by atoms with Crippen molar-refractivity contribution in [2.75, 3.05) is 5.32 Å². The van der Waals surface area contributed by atoms with Crippen molar-refractivity contribution in [1.82, 2.24) is 9.88 Å². The molecule has 3 aromatic carbocycles. The van der Waals surface area contributed by atoms with E-state index in [9.17, 15) is 4.79 Å². The van der Waals surface area contributed by atoms with Gasteiger partial charge >= 0.3 is 0 Å². The number of aromatic nitrogens is 1. The average Bonchev–Trinajstić information content (AvgIpc) is 3.27. The summed E-state index contributed by atoms with van der Waals surface area (Å²) in [7, 11) is 0. The number of aryl methyl sites for hydroxylation is 2. The molecule has 0 spiro atoms. The maximum atomic E-state index is 12.7. The third-order valence-corrected chi connectivity index (χ3v) is 7.22. The van der Waals surface area contributed by atoms with Gasteiger partial charge in [0.2, 0.25) is 0 Å². The third kappa shape index (κ3) is 4.26. The van der Waals surface area contributed by atoms with Crippen molar-refractivity contribution in [3.05, 3.63) is 99.2 Å². The monoisotopic (exact) mass is 473 g/mol. The summed E-state index contributed by atoms with van der Waals surface area (Å²) in [5.74, 6) is -0.0698. The first kappa shape index (κ1) is 21.7. The molecule has 0 saturated carbocycles. The molecule has 33 heavy (non-hydrogen) atoms. The molecule has 0 radical (unpaired) electrons. The number of anilines is 1. The van der Waals surface area contributed by atoms with Gasteiger partial charge in [0.05, 0.1) is 4.91 Å². The second kappa shape index (κ2) is 8.65. The van der Waals surface area contributed by atoms with Gasteiger partial charge in [-0.2, -0.15) is 0 Å². The Hall–Kier alpha value is -3.15. The maximum absolute atomic E-state index is 12.7. The van der Waals surface area contributed by atoms with Crippen LogP contribution in [0.5, 0.6) is 0 Å². The van der Waals surface area contributed by atoms with Crippen LogP contribution in [0.3, 0.4) is 0 Å².